The lowest BCUT2D eigenvalue weighted by atomic mass is 9.73. The first-order chi connectivity index (χ1) is 16.5. The fourth-order valence-electron chi connectivity index (χ4n) is 5.41. The van der Waals surface area contributed by atoms with Crippen LogP contribution in [0, 0.1) is 18.8 Å². The quantitative estimate of drug-likeness (QED) is 0.576. The molecule has 0 aliphatic carbocycles. The number of amides is 1. The summed E-state index contributed by atoms with van der Waals surface area (Å²) in [5, 5.41) is 11.2. The average molecular weight is 454 g/mol. The van der Waals surface area contributed by atoms with Crippen LogP contribution in [0.3, 0.4) is 0 Å². The predicted molar refractivity (Wildman–Crippen MR) is 133 cm³/mol. The van der Waals surface area contributed by atoms with Gasteiger partial charge in [0.05, 0.1) is 0 Å². The Morgan fingerprint density at radius 1 is 0.912 bits per heavy atom. The number of hydrogen-bond donors (Lipinski definition) is 1. The Bertz CT molecular complexity index is 1170. The van der Waals surface area contributed by atoms with Crippen LogP contribution >= 0.6 is 0 Å². The summed E-state index contributed by atoms with van der Waals surface area (Å²) in [6.07, 6.45) is -0.357. The van der Waals surface area contributed by atoms with Crippen LogP contribution in [0.4, 0.5) is 0 Å². The van der Waals surface area contributed by atoms with Crippen molar-refractivity contribution in [2.45, 2.75) is 39.0 Å². The molecule has 3 aromatic rings. The zero-order valence-electron chi connectivity index (χ0n) is 19.7. The summed E-state index contributed by atoms with van der Waals surface area (Å²) in [5.74, 6) is 0.120. The Morgan fingerprint density at radius 3 is 2.18 bits per heavy atom. The van der Waals surface area contributed by atoms with Crippen LogP contribution in [0.1, 0.15) is 35.1 Å². The van der Waals surface area contributed by atoms with Gasteiger partial charge in [0.15, 0.2) is 5.76 Å². The third kappa shape index (κ3) is 4.38. The van der Waals surface area contributed by atoms with Gasteiger partial charge in [0.1, 0.15) is 0 Å². The molecule has 174 valence electrons. The number of aliphatic hydroxyl groups excluding tert-OH is 1. The minimum Gasteiger partial charge on any atom is -0.459 e. The molecule has 4 atom stereocenters. The Hall–Kier alpha value is -3.37. The second kappa shape index (κ2) is 9.47. The summed E-state index contributed by atoms with van der Waals surface area (Å²) < 4.78 is 6.09. The predicted octanol–water partition coefficient (Wildman–Crippen LogP) is 5.22. The van der Waals surface area contributed by atoms with Gasteiger partial charge in [0.2, 0.25) is 6.29 Å². The zero-order valence-corrected chi connectivity index (χ0v) is 19.7. The SMILES string of the molecule is Cc1ccc([C@@H]2C3=C(O[C@@H](O)[C@@H](Cc4ccccc4)[C@H]2C)C(=O)N(Cc2ccccc2)C3)cc1. The van der Waals surface area contributed by atoms with Crippen LogP contribution < -0.4 is 0 Å². The van der Waals surface area contributed by atoms with Crippen LogP contribution in [-0.2, 0) is 22.5 Å². The van der Waals surface area contributed by atoms with E-state index in [1.165, 1.54) is 5.56 Å². The van der Waals surface area contributed by atoms with E-state index in [4.69, 9.17) is 4.74 Å². The van der Waals surface area contributed by atoms with E-state index in [2.05, 4.69) is 50.2 Å². The molecule has 1 amide bonds. The summed E-state index contributed by atoms with van der Waals surface area (Å²) in [5.41, 5.74) is 5.58. The first-order valence-electron chi connectivity index (χ1n) is 12.0. The fraction of sp³-hybridized carbons (Fsp3) is 0.300. The molecule has 0 bridgehead atoms. The Balaban J connectivity index is 1.50. The number of rotatable bonds is 5. The summed E-state index contributed by atoms with van der Waals surface area (Å²) in [7, 11) is 0. The molecule has 1 N–H and O–H groups in total. The number of aliphatic hydroxyl groups is 1. The second-order valence-corrected chi connectivity index (χ2v) is 9.61. The maximum Gasteiger partial charge on any atom is 0.289 e. The van der Waals surface area contributed by atoms with Gasteiger partial charge in [-0.1, -0.05) is 97.4 Å². The molecule has 4 heteroatoms. The molecule has 2 heterocycles. The standard InChI is InChI=1S/C30H31NO3/c1-20-13-15-24(16-14-20)27-21(2)25(17-22-9-5-3-6-10-22)30(33)34-28-26(27)19-31(29(28)32)18-23-11-7-4-8-12-23/h3-16,21,25,27,30,33H,17-19H2,1-2H3/t21-,25+,27-,30-/m1/s1. The van der Waals surface area contributed by atoms with E-state index in [-0.39, 0.29) is 23.7 Å². The number of benzene rings is 3. The molecule has 5 rings (SSSR count). The normalized spacial score (nSPS) is 24.6. The van der Waals surface area contributed by atoms with E-state index in [9.17, 15) is 9.90 Å². The topological polar surface area (TPSA) is 49.8 Å². The van der Waals surface area contributed by atoms with E-state index >= 15 is 0 Å². The van der Waals surface area contributed by atoms with E-state index in [1.807, 2.05) is 53.4 Å². The highest BCUT2D eigenvalue weighted by atomic mass is 16.6. The molecule has 0 aromatic heterocycles. The van der Waals surface area contributed by atoms with Gasteiger partial charge in [-0.15, -0.1) is 0 Å². The van der Waals surface area contributed by atoms with Crippen LogP contribution in [0.15, 0.2) is 96.3 Å². The van der Waals surface area contributed by atoms with Crippen molar-refractivity contribution >= 4 is 5.91 Å². The van der Waals surface area contributed by atoms with Gasteiger partial charge < -0.3 is 14.7 Å². The minimum atomic E-state index is -1.05. The number of aryl methyl sites for hydroxylation is 1. The Morgan fingerprint density at radius 2 is 1.53 bits per heavy atom. The molecule has 0 fully saturated rings. The van der Waals surface area contributed by atoms with Gasteiger partial charge in [-0.25, -0.2) is 0 Å². The fourth-order valence-corrected chi connectivity index (χ4v) is 5.41. The number of hydrogen-bond acceptors (Lipinski definition) is 3. The summed E-state index contributed by atoms with van der Waals surface area (Å²) in [4.78, 5) is 15.3. The van der Waals surface area contributed by atoms with Crippen molar-refractivity contribution < 1.29 is 14.6 Å². The smallest absolute Gasteiger partial charge is 0.289 e. The summed E-state index contributed by atoms with van der Waals surface area (Å²) in [6, 6.07) is 28.8. The van der Waals surface area contributed by atoms with Crippen molar-refractivity contribution in [3.8, 4) is 0 Å². The molecule has 0 unspecified atom stereocenters. The van der Waals surface area contributed by atoms with E-state index in [0.717, 1.165) is 22.3 Å². The van der Waals surface area contributed by atoms with Gasteiger partial charge in [-0.05, 0) is 36.0 Å². The number of ether oxygens (including phenoxy) is 1. The molecule has 0 radical (unpaired) electrons. The maximum atomic E-state index is 13.5. The number of carbonyl (C=O) groups excluding carboxylic acids is 1. The van der Waals surface area contributed by atoms with Crippen molar-refractivity contribution in [2.24, 2.45) is 11.8 Å². The van der Waals surface area contributed by atoms with Crippen molar-refractivity contribution in [3.05, 3.63) is 119 Å². The molecule has 3 aromatic carbocycles. The van der Waals surface area contributed by atoms with E-state index in [1.54, 1.807) is 0 Å². The summed E-state index contributed by atoms with van der Waals surface area (Å²) >= 11 is 0. The lowest BCUT2D eigenvalue weighted by Gasteiger charge is -2.33. The van der Waals surface area contributed by atoms with Crippen molar-refractivity contribution in [1.29, 1.82) is 0 Å². The van der Waals surface area contributed by atoms with Crippen LogP contribution in [-0.4, -0.2) is 28.7 Å². The van der Waals surface area contributed by atoms with E-state index in [0.29, 0.717) is 25.3 Å². The first-order valence-corrected chi connectivity index (χ1v) is 12.0. The molecule has 0 spiro atoms. The Labute approximate surface area is 201 Å². The van der Waals surface area contributed by atoms with Crippen molar-refractivity contribution in [3.63, 3.8) is 0 Å². The van der Waals surface area contributed by atoms with E-state index < -0.39 is 6.29 Å². The van der Waals surface area contributed by atoms with Crippen molar-refractivity contribution in [2.75, 3.05) is 6.54 Å². The molecular weight excluding hydrogens is 422 g/mol. The molecule has 2 aliphatic heterocycles. The van der Waals surface area contributed by atoms with Crippen LogP contribution in [0.5, 0.6) is 0 Å². The third-order valence-corrected chi connectivity index (χ3v) is 7.28. The van der Waals surface area contributed by atoms with Gasteiger partial charge in [0.25, 0.3) is 5.91 Å². The van der Waals surface area contributed by atoms with Gasteiger partial charge in [-0.3, -0.25) is 4.79 Å². The number of nitrogens with zero attached hydrogens (tertiary/aromatic N) is 1. The molecular formula is C30H31NO3. The first kappa shape index (κ1) is 22.4. The minimum absolute atomic E-state index is 0.00816. The zero-order chi connectivity index (χ0) is 23.7. The van der Waals surface area contributed by atoms with Gasteiger partial charge in [0, 0.05) is 30.5 Å². The second-order valence-electron chi connectivity index (χ2n) is 9.61. The largest absolute Gasteiger partial charge is 0.459 e. The van der Waals surface area contributed by atoms with Crippen molar-refractivity contribution in [1.82, 2.24) is 4.90 Å². The highest BCUT2D eigenvalue weighted by Crippen LogP contribution is 2.46. The Kier molecular flexibility index (Phi) is 6.25. The lowest BCUT2D eigenvalue weighted by Crippen LogP contribution is -2.35. The highest BCUT2D eigenvalue weighted by Gasteiger charge is 2.46. The maximum absolute atomic E-state index is 13.5. The molecule has 34 heavy (non-hydrogen) atoms. The molecule has 0 saturated heterocycles. The average Bonchev–Trinajstić information content (AvgIpc) is 3.09. The molecule has 4 nitrogen and oxygen atoms in total. The monoisotopic (exact) mass is 453 g/mol. The molecule has 0 saturated carbocycles. The third-order valence-electron chi connectivity index (χ3n) is 7.28. The van der Waals surface area contributed by atoms with Crippen LogP contribution in [0.2, 0.25) is 0 Å². The lowest BCUT2D eigenvalue weighted by molar-refractivity contribution is -0.144. The van der Waals surface area contributed by atoms with Gasteiger partial charge >= 0.3 is 0 Å². The van der Waals surface area contributed by atoms with Crippen LogP contribution in [0.25, 0.3) is 0 Å². The highest BCUT2D eigenvalue weighted by molar-refractivity contribution is 5.95. The number of carbonyl (C=O) groups is 1. The summed E-state index contributed by atoms with van der Waals surface area (Å²) in [6.45, 7) is 5.30. The molecule has 2 aliphatic rings. The van der Waals surface area contributed by atoms with Gasteiger partial charge in [-0.2, -0.15) is 0 Å².